The van der Waals surface area contributed by atoms with Crippen LogP contribution in [0.15, 0.2) is 59.3 Å². The zero-order valence-corrected chi connectivity index (χ0v) is 12.7. The number of ether oxygens (including phenoxy) is 1. The summed E-state index contributed by atoms with van der Waals surface area (Å²) in [4.78, 5) is 15.8. The molecule has 8 heteroatoms. The first-order valence-electron chi connectivity index (χ1n) is 7.15. The molecule has 5 nitrogen and oxygen atoms in total. The van der Waals surface area contributed by atoms with Crippen LogP contribution in [-0.4, -0.2) is 15.9 Å². The van der Waals surface area contributed by atoms with Gasteiger partial charge in [-0.15, -0.1) is 0 Å². The van der Waals surface area contributed by atoms with E-state index in [1.807, 2.05) is 0 Å². The van der Waals surface area contributed by atoms with E-state index >= 15 is 0 Å². The largest absolute Gasteiger partial charge is 0.473 e. The predicted molar refractivity (Wildman–Crippen MR) is 79.9 cm³/mol. The van der Waals surface area contributed by atoms with Crippen molar-refractivity contribution in [3.8, 4) is 5.88 Å². The zero-order valence-electron chi connectivity index (χ0n) is 12.7. The third-order valence-corrected chi connectivity index (χ3v) is 3.32. The molecule has 0 aliphatic rings. The van der Waals surface area contributed by atoms with Crippen LogP contribution in [0.1, 0.15) is 27.3 Å². The molecule has 0 saturated heterocycles. The van der Waals surface area contributed by atoms with Gasteiger partial charge in [-0.1, -0.05) is 35.5 Å². The van der Waals surface area contributed by atoms with Gasteiger partial charge in [0.1, 0.15) is 18.6 Å². The van der Waals surface area contributed by atoms with Gasteiger partial charge in [-0.3, -0.25) is 4.79 Å². The average molecular weight is 348 g/mol. The molecule has 0 atom stereocenters. The number of halogens is 3. The second kappa shape index (κ2) is 6.76. The van der Waals surface area contributed by atoms with E-state index in [0.717, 1.165) is 6.07 Å². The standard InChI is InChI=1S/C17H11F3N2O3/c18-17(19,20)14-6-3-7-15(21-14)24-10-11-4-1-2-5-12(11)16(23)13-8-9-25-22-13/h1-9H,10H2. The molecular formula is C17H11F3N2O3. The summed E-state index contributed by atoms with van der Waals surface area (Å²) in [5.74, 6) is -0.552. The third kappa shape index (κ3) is 3.85. The Morgan fingerprint density at radius 1 is 1.08 bits per heavy atom. The number of nitrogens with zero attached hydrogens (tertiary/aromatic N) is 2. The Balaban J connectivity index is 1.80. The Labute approximate surface area is 140 Å². The molecule has 3 rings (SSSR count). The first-order valence-corrected chi connectivity index (χ1v) is 7.15. The lowest BCUT2D eigenvalue weighted by molar-refractivity contribution is -0.141. The number of hydrogen-bond donors (Lipinski definition) is 0. The molecule has 0 fully saturated rings. The van der Waals surface area contributed by atoms with Gasteiger partial charge in [-0.2, -0.15) is 13.2 Å². The van der Waals surface area contributed by atoms with Crippen LogP contribution < -0.4 is 4.74 Å². The van der Waals surface area contributed by atoms with Gasteiger partial charge in [-0.05, 0) is 6.07 Å². The second-order valence-electron chi connectivity index (χ2n) is 5.02. The monoisotopic (exact) mass is 348 g/mol. The molecule has 0 amide bonds. The molecule has 128 valence electrons. The van der Waals surface area contributed by atoms with E-state index in [1.165, 1.54) is 24.5 Å². The lowest BCUT2D eigenvalue weighted by atomic mass is 10.0. The summed E-state index contributed by atoms with van der Waals surface area (Å²) in [7, 11) is 0. The van der Waals surface area contributed by atoms with E-state index in [0.29, 0.717) is 11.1 Å². The molecule has 25 heavy (non-hydrogen) atoms. The molecule has 0 aliphatic carbocycles. The van der Waals surface area contributed by atoms with Crippen molar-refractivity contribution in [3.05, 3.63) is 77.3 Å². The maximum absolute atomic E-state index is 12.7. The minimum Gasteiger partial charge on any atom is -0.473 e. The van der Waals surface area contributed by atoms with Crippen LogP contribution in [0.5, 0.6) is 5.88 Å². The second-order valence-corrected chi connectivity index (χ2v) is 5.02. The van der Waals surface area contributed by atoms with Gasteiger partial charge in [0, 0.05) is 23.3 Å². The fourth-order valence-corrected chi connectivity index (χ4v) is 2.14. The Hall–Kier alpha value is -3.16. The van der Waals surface area contributed by atoms with Crippen LogP contribution in [0.2, 0.25) is 0 Å². The molecule has 2 heterocycles. The quantitative estimate of drug-likeness (QED) is 0.654. The summed E-state index contributed by atoms with van der Waals surface area (Å²) in [6.07, 6.45) is -3.28. The molecule has 0 bridgehead atoms. The van der Waals surface area contributed by atoms with Crippen molar-refractivity contribution >= 4 is 5.78 Å². The number of hydrogen-bond acceptors (Lipinski definition) is 5. The Morgan fingerprint density at radius 2 is 1.88 bits per heavy atom. The summed E-state index contributed by atoms with van der Waals surface area (Å²) in [6, 6.07) is 11.4. The number of carbonyl (C=O) groups excluding carboxylic acids is 1. The number of pyridine rings is 1. The number of benzene rings is 1. The maximum Gasteiger partial charge on any atom is 0.433 e. The number of aromatic nitrogens is 2. The fourth-order valence-electron chi connectivity index (χ4n) is 2.14. The van der Waals surface area contributed by atoms with Gasteiger partial charge in [0.25, 0.3) is 0 Å². The van der Waals surface area contributed by atoms with Gasteiger partial charge in [0.05, 0.1) is 0 Å². The summed E-state index contributed by atoms with van der Waals surface area (Å²) in [5, 5.41) is 3.59. The Bertz CT molecular complexity index is 877. The third-order valence-electron chi connectivity index (χ3n) is 3.32. The van der Waals surface area contributed by atoms with Crippen molar-refractivity contribution in [2.45, 2.75) is 12.8 Å². The van der Waals surface area contributed by atoms with Crippen molar-refractivity contribution in [2.75, 3.05) is 0 Å². The van der Waals surface area contributed by atoms with Crippen LogP contribution in [0, 0.1) is 0 Å². The van der Waals surface area contributed by atoms with Crippen LogP contribution in [0.25, 0.3) is 0 Å². The molecule has 2 aromatic heterocycles. The molecule has 0 saturated carbocycles. The van der Waals surface area contributed by atoms with E-state index in [1.54, 1.807) is 24.3 Å². The van der Waals surface area contributed by atoms with Crippen LogP contribution in [-0.2, 0) is 12.8 Å². The van der Waals surface area contributed by atoms with Crippen molar-refractivity contribution in [3.63, 3.8) is 0 Å². The van der Waals surface area contributed by atoms with Crippen molar-refractivity contribution in [2.24, 2.45) is 0 Å². The lowest BCUT2D eigenvalue weighted by Crippen LogP contribution is -2.10. The van der Waals surface area contributed by atoms with Gasteiger partial charge in [0.2, 0.25) is 11.7 Å². The number of rotatable bonds is 5. The lowest BCUT2D eigenvalue weighted by Gasteiger charge is -2.11. The van der Waals surface area contributed by atoms with Gasteiger partial charge in [0.15, 0.2) is 5.69 Å². The highest BCUT2D eigenvalue weighted by atomic mass is 19.4. The van der Waals surface area contributed by atoms with Gasteiger partial charge >= 0.3 is 6.18 Å². The summed E-state index contributed by atoms with van der Waals surface area (Å²) >= 11 is 0. The molecule has 0 unspecified atom stereocenters. The smallest absolute Gasteiger partial charge is 0.433 e. The predicted octanol–water partition coefficient (Wildman–Crippen LogP) is 3.90. The first kappa shape index (κ1) is 16.7. The van der Waals surface area contributed by atoms with E-state index < -0.39 is 11.9 Å². The number of ketones is 1. The van der Waals surface area contributed by atoms with Crippen LogP contribution >= 0.6 is 0 Å². The van der Waals surface area contributed by atoms with E-state index in [4.69, 9.17) is 4.74 Å². The molecule has 1 aromatic carbocycles. The van der Waals surface area contributed by atoms with Crippen molar-refractivity contribution in [1.82, 2.24) is 10.1 Å². The van der Waals surface area contributed by atoms with Crippen LogP contribution in [0.4, 0.5) is 13.2 Å². The van der Waals surface area contributed by atoms with Gasteiger partial charge < -0.3 is 9.26 Å². The molecule has 0 N–H and O–H groups in total. The normalized spacial score (nSPS) is 11.3. The highest BCUT2D eigenvalue weighted by Crippen LogP contribution is 2.28. The molecule has 0 spiro atoms. The minimum absolute atomic E-state index is 0.117. The van der Waals surface area contributed by atoms with Gasteiger partial charge in [-0.25, -0.2) is 4.98 Å². The topological polar surface area (TPSA) is 65.2 Å². The summed E-state index contributed by atoms with van der Waals surface area (Å²) < 4.78 is 48.0. The average Bonchev–Trinajstić information content (AvgIpc) is 3.14. The van der Waals surface area contributed by atoms with E-state index in [9.17, 15) is 18.0 Å². The first-order chi connectivity index (χ1) is 11.9. The molecule has 0 radical (unpaired) electrons. The highest BCUT2D eigenvalue weighted by molar-refractivity contribution is 6.08. The number of carbonyl (C=O) groups is 1. The molecule has 3 aromatic rings. The summed E-state index contributed by atoms with van der Waals surface area (Å²) in [6.45, 7) is -0.117. The Kier molecular flexibility index (Phi) is 4.51. The number of alkyl halides is 3. The van der Waals surface area contributed by atoms with E-state index in [-0.39, 0.29) is 24.0 Å². The zero-order chi connectivity index (χ0) is 17.9. The maximum atomic E-state index is 12.7. The van der Waals surface area contributed by atoms with Crippen LogP contribution in [0.3, 0.4) is 0 Å². The SMILES string of the molecule is O=C(c1ccon1)c1ccccc1COc1cccc(C(F)(F)F)n1. The summed E-state index contributed by atoms with van der Waals surface area (Å²) in [5.41, 5.74) is -0.0975. The molecular weight excluding hydrogens is 337 g/mol. The molecule has 0 aliphatic heterocycles. The minimum atomic E-state index is -4.56. The fraction of sp³-hybridized carbons (Fsp3) is 0.118. The highest BCUT2D eigenvalue weighted by Gasteiger charge is 2.32. The van der Waals surface area contributed by atoms with E-state index in [2.05, 4.69) is 14.7 Å². The van der Waals surface area contributed by atoms with Crippen molar-refractivity contribution < 1.29 is 27.2 Å². The van der Waals surface area contributed by atoms with Crippen molar-refractivity contribution in [1.29, 1.82) is 0 Å². The Morgan fingerprint density at radius 3 is 2.60 bits per heavy atom.